The second-order valence-electron chi connectivity index (χ2n) is 13.1. The number of anilines is 1. The van der Waals surface area contributed by atoms with Crippen LogP contribution in [0.1, 0.15) is 137 Å². The normalized spacial score (nSPS) is 18.0. The number of carbonyl (C=O) groups excluding carboxylic acids is 1. The SMILES string of the molecule is CCCCCCCCN(CCCCCCCC)C[C@H]1C[C@@H](c2ccc(CO)cc2)O[C@@H](c2cccc(NC(=O)c3ccccc3)c2)O1. The highest BCUT2D eigenvalue weighted by Gasteiger charge is 2.33. The number of rotatable bonds is 21. The Labute approximate surface area is 283 Å². The molecule has 1 aliphatic rings. The molecule has 256 valence electrons. The van der Waals surface area contributed by atoms with Crippen LogP contribution in [0.5, 0.6) is 0 Å². The molecule has 6 nitrogen and oxygen atoms in total. The van der Waals surface area contributed by atoms with Crippen LogP contribution in [0, 0.1) is 0 Å². The summed E-state index contributed by atoms with van der Waals surface area (Å²) in [6, 6.07) is 25.2. The molecule has 4 rings (SSSR count). The van der Waals surface area contributed by atoms with Gasteiger partial charge in [-0.1, -0.05) is 133 Å². The molecule has 6 heteroatoms. The highest BCUT2D eigenvalue weighted by molar-refractivity contribution is 6.04. The first-order chi connectivity index (χ1) is 23.1. The first-order valence-corrected chi connectivity index (χ1v) is 18.3. The van der Waals surface area contributed by atoms with Crippen LogP contribution in [0.15, 0.2) is 78.9 Å². The van der Waals surface area contributed by atoms with E-state index in [0.29, 0.717) is 11.3 Å². The second kappa shape index (κ2) is 21.0. The van der Waals surface area contributed by atoms with Gasteiger partial charge in [0.1, 0.15) is 0 Å². The summed E-state index contributed by atoms with van der Waals surface area (Å²) >= 11 is 0. The maximum absolute atomic E-state index is 12.9. The predicted octanol–water partition coefficient (Wildman–Crippen LogP) is 10.00. The number of aliphatic hydroxyl groups excluding tert-OH is 1. The standard InChI is InChI=1S/C41H58N2O4/c1-3-5-7-9-11-16-27-43(28-17-12-10-8-6-4-2)31-38-30-39(34-25-23-33(32-44)24-26-34)47-41(46-38)36-21-18-22-37(29-36)42-40(45)35-19-14-13-15-20-35/h13-15,18-26,29,38-39,41,44H,3-12,16-17,27-28,30-32H2,1-2H3,(H,42,45)/t38-,39+,41+/m1/s1. The minimum absolute atomic E-state index is 0.000910. The van der Waals surface area contributed by atoms with Crippen LogP contribution in [0.25, 0.3) is 0 Å². The van der Waals surface area contributed by atoms with Crippen LogP contribution in [0.4, 0.5) is 5.69 Å². The Balaban J connectivity index is 1.47. The van der Waals surface area contributed by atoms with Crippen molar-refractivity contribution in [1.82, 2.24) is 4.90 Å². The Morgan fingerprint density at radius 2 is 1.38 bits per heavy atom. The van der Waals surface area contributed by atoms with Crippen molar-refractivity contribution in [2.24, 2.45) is 0 Å². The van der Waals surface area contributed by atoms with E-state index < -0.39 is 6.29 Å². The zero-order valence-electron chi connectivity index (χ0n) is 28.9. The van der Waals surface area contributed by atoms with Gasteiger partial charge in [-0.2, -0.15) is 0 Å². The summed E-state index contributed by atoms with van der Waals surface area (Å²) in [6.45, 7) is 7.64. The molecule has 3 aromatic carbocycles. The average molecular weight is 643 g/mol. The molecule has 0 radical (unpaired) electrons. The Hall–Kier alpha value is -3.03. The van der Waals surface area contributed by atoms with Crippen LogP contribution < -0.4 is 5.32 Å². The number of ether oxygens (including phenoxy) is 2. The highest BCUT2D eigenvalue weighted by atomic mass is 16.7. The van der Waals surface area contributed by atoms with Crippen molar-refractivity contribution in [1.29, 1.82) is 0 Å². The predicted molar refractivity (Wildman–Crippen MR) is 192 cm³/mol. The topological polar surface area (TPSA) is 71.0 Å². The van der Waals surface area contributed by atoms with Crippen LogP contribution in [-0.2, 0) is 16.1 Å². The van der Waals surface area contributed by atoms with Gasteiger partial charge in [0.2, 0.25) is 0 Å². The fourth-order valence-corrected chi connectivity index (χ4v) is 6.40. The summed E-state index contributed by atoms with van der Waals surface area (Å²) in [4.78, 5) is 15.5. The zero-order valence-corrected chi connectivity index (χ0v) is 28.9. The lowest BCUT2D eigenvalue weighted by Crippen LogP contribution is -2.40. The molecule has 1 heterocycles. The molecule has 0 aromatic heterocycles. The molecule has 1 saturated heterocycles. The zero-order chi connectivity index (χ0) is 33.1. The van der Waals surface area contributed by atoms with Gasteiger partial charge < -0.3 is 24.8 Å². The molecule has 0 aliphatic carbocycles. The van der Waals surface area contributed by atoms with E-state index in [4.69, 9.17) is 9.47 Å². The molecule has 0 spiro atoms. The van der Waals surface area contributed by atoms with Crippen LogP contribution in [-0.4, -0.2) is 41.7 Å². The van der Waals surface area contributed by atoms with Gasteiger partial charge in [-0.25, -0.2) is 0 Å². The number of benzene rings is 3. The summed E-state index contributed by atoms with van der Waals surface area (Å²) in [5.41, 5.74) is 4.19. The molecule has 0 saturated carbocycles. The Morgan fingerprint density at radius 3 is 2.02 bits per heavy atom. The van der Waals surface area contributed by atoms with E-state index in [0.717, 1.165) is 42.7 Å². The minimum atomic E-state index is -0.560. The van der Waals surface area contributed by atoms with Crippen molar-refractivity contribution in [3.8, 4) is 0 Å². The molecule has 1 aliphatic heterocycles. The maximum atomic E-state index is 12.9. The molecule has 1 amide bonds. The first kappa shape index (κ1) is 36.8. The van der Waals surface area contributed by atoms with Crippen molar-refractivity contribution < 1.29 is 19.4 Å². The van der Waals surface area contributed by atoms with Gasteiger partial charge >= 0.3 is 0 Å². The lowest BCUT2D eigenvalue weighted by molar-refractivity contribution is -0.253. The fraction of sp³-hybridized carbons (Fsp3) is 0.537. The number of hydrogen-bond acceptors (Lipinski definition) is 5. The fourth-order valence-electron chi connectivity index (χ4n) is 6.40. The molecule has 2 N–H and O–H groups in total. The molecule has 3 aromatic rings. The Bertz CT molecular complexity index is 1270. The third-order valence-electron chi connectivity index (χ3n) is 9.19. The number of nitrogens with zero attached hydrogens (tertiary/aromatic N) is 1. The number of amides is 1. The van der Waals surface area contributed by atoms with Crippen molar-refractivity contribution in [3.05, 3.63) is 101 Å². The summed E-state index contributed by atoms with van der Waals surface area (Å²) in [7, 11) is 0. The minimum Gasteiger partial charge on any atom is -0.392 e. The van der Waals surface area contributed by atoms with Crippen molar-refractivity contribution >= 4 is 11.6 Å². The third kappa shape index (κ3) is 12.8. The van der Waals surface area contributed by atoms with Gasteiger partial charge in [0, 0.05) is 29.8 Å². The van der Waals surface area contributed by atoms with E-state index in [2.05, 4.69) is 36.2 Å². The van der Waals surface area contributed by atoms with Gasteiger partial charge in [-0.05, 0) is 61.3 Å². The summed E-state index contributed by atoms with van der Waals surface area (Å²) in [5.74, 6) is -0.145. The van der Waals surface area contributed by atoms with Gasteiger partial charge in [0.15, 0.2) is 6.29 Å². The quantitative estimate of drug-likeness (QED) is 0.113. The van der Waals surface area contributed by atoms with Gasteiger partial charge in [-0.3, -0.25) is 4.79 Å². The molecule has 0 unspecified atom stereocenters. The van der Waals surface area contributed by atoms with E-state index in [1.807, 2.05) is 66.7 Å². The van der Waals surface area contributed by atoms with E-state index >= 15 is 0 Å². The van der Waals surface area contributed by atoms with Gasteiger partial charge in [0.25, 0.3) is 5.91 Å². The highest BCUT2D eigenvalue weighted by Crippen LogP contribution is 2.39. The number of aliphatic hydroxyl groups is 1. The Kier molecular flexibility index (Phi) is 16.5. The van der Waals surface area contributed by atoms with Crippen LogP contribution in [0.2, 0.25) is 0 Å². The van der Waals surface area contributed by atoms with Gasteiger partial charge in [0.05, 0.1) is 18.8 Å². The van der Waals surface area contributed by atoms with Gasteiger partial charge in [-0.15, -0.1) is 0 Å². The monoisotopic (exact) mass is 642 g/mol. The average Bonchev–Trinajstić information content (AvgIpc) is 3.11. The number of unbranched alkanes of at least 4 members (excludes halogenated alkanes) is 10. The molecule has 1 fully saturated rings. The smallest absolute Gasteiger partial charge is 0.255 e. The van der Waals surface area contributed by atoms with E-state index in [-0.39, 0.29) is 24.7 Å². The maximum Gasteiger partial charge on any atom is 0.255 e. The van der Waals surface area contributed by atoms with Crippen LogP contribution >= 0.6 is 0 Å². The number of nitrogens with one attached hydrogen (secondary N) is 1. The largest absolute Gasteiger partial charge is 0.392 e. The second-order valence-corrected chi connectivity index (χ2v) is 13.1. The molecular weight excluding hydrogens is 584 g/mol. The lowest BCUT2D eigenvalue weighted by Gasteiger charge is -2.38. The van der Waals surface area contributed by atoms with Crippen molar-refractivity contribution in [2.45, 2.75) is 122 Å². The number of carbonyl (C=O) groups is 1. The van der Waals surface area contributed by atoms with Crippen molar-refractivity contribution in [2.75, 3.05) is 25.0 Å². The molecule has 3 atom stereocenters. The Morgan fingerprint density at radius 1 is 0.745 bits per heavy atom. The number of hydrogen-bond donors (Lipinski definition) is 2. The molecular formula is C41H58N2O4. The summed E-state index contributed by atoms with van der Waals surface area (Å²) < 4.78 is 13.4. The van der Waals surface area contributed by atoms with Crippen molar-refractivity contribution in [3.63, 3.8) is 0 Å². The molecule has 0 bridgehead atoms. The third-order valence-corrected chi connectivity index (χ3v) is 9.19. The van der Waals surface area contributed by atoms with E-state index in [9.17, 15) is 9.90 Å². The van der Waals surface area contributed by atoms with E-state index in [1.165, 1.54) is 77.0 Å². The summed E-state index contributed by atoms with van der Waals surface area (Å²) in [5, 5.41) is 12.6. The molecule has 47 heavy (non-hydrogen) atoms. The lowest BCUT2D eigenvalue weighted by atomic mass is 9.99. The first-order valence-electron chi connectivity index (χ1n) is 18.3. The van der Waals surface area contributed by atoms with Crippen LogP contribution in [0.3, 0.4) is 0 Å². The summed E-state index contributed by atoms with van der Waals surface area (Å²) in [6.07, 6.45) is 15.6. The van der Waals surface area contributed by atoms with E-state index in [1.54, 1.807) is 0 Å².